The van der Waals surface area contributed by atoms with Gasteiger partial charge in [0.25, 0.3) is 0 Å². The summed E-state index contributed by atoms with van der Waals surface area (Å²) in [5.74, 6) is 4.84. The van der Waals surface area contributed by atoms with E-state index in [2.05, 4.69) is 62.4 Å². The van der Waals surface area contributed by atoms with E-state index in [-0.39, 0.29) is 0 Å². The van der Waals surface area contributed by atoms with Gasteiger partial charge in [-0.2, -0.15) is 0 Å². The number of allylic oxidation sites excluding steroid dienone is 2. The number of aromatic nitrogens is 2. The van der Waals surface area contributed by atoms with Crippen LogP contribution in [0.15, 0.2) is 66.5 Å². The molecule has 6 nitrogen and oxygen atoms in total. The summed E-state index contributed by atoms with van der Waals surface area (Å²) in [6.07, 6.45) is 29.5. The summed E-state index contributed by atoms with van der Waals surface area (Å²) >= 11 is 6.38. The highest BCUT2D eigenvalue weighted by Crippen LogP contribution is 2.42. The summed E-state index contributed by atoms with van der Waals surface area (Å²) in [4.78, 5) is 9.87. The highest BCUT2D eigenvalue weighted by atomic mass is 35.5. The number of aryl methyl sites for hydroxylation is 1. The Hall–Kier alpha value is -3.30. The quantitative estimate of drug-likeness (QED) is 0.107. The molecule has 0 atom stereocenters. The SMILES string of the molecule is C#CCCCCCCCCCCCCCNC(=C)CCCn1c(CN2C(=C)N(C3CC3)C3=C2CNC=C3)nc2cc(Cl)ccc21. The Labute approximate surface area is 276 Å². The van der Waals surface area contributed by atoms with Crippen molar-refractivity contribution in [3.8, 4) is 12.3 Å². The van der Waals surface area contributed by atoms with Crippen LogP contribution in [0.3, 0.4) is 0 Å². The van der Waals surface area contributed by atoms with Crippen molar-refractivity contribution in [3.63, 3.8) is 0 Å². The maximum absolute atomic E-state index is 6.38. The predicted octanol–water partition coefficient (Wildman–Crippen LogP) is 8.97. The molecule has 2 aromatic rings. The first-order valence-electron chi connectivity index (χ1n) is 17.5. The van der Waals surface area contributed by atoms with E-state index in [1.54, 1.807) is 0 Å². The fourth-order valence-corrected chi connectivity index (χ4v) is 6.86. The van der Waals surface area contributed by atoms with Crippen LogP contribution in [-0.4, -0.2) is 38.5 Å². The monoisotopic (exact) mass is 628 g/mol. The van der Waals surface area contributed by atoms with Crippen molar-refractivity contribution >= 4 is 22.6 Å². The van der Waals surface area contributed by atoms with Crippen molar-refractivity contribution in [2.45, 2.75) is 122 Å². The molecule has 5 rings (SSSR count). The minimum absolute atomic E-state index is 0.571. The van der Waals surface area contributed by atoms with Crippen LogP contribution in [0.5, 0.6) is 0 Å². The molecule has 1 aromatic heterocycles. The molecule has 0 amide bonds. The zero-order chi connectivity index (χ0) is 31.4. The summed E-state index contributed by atoms with van der Waals surface area (Å²) in [6.45, 7) is 12.3. The van der Waals surface area contributed by atoms with Gasteiger partial charge in [0.1, 0.15) is 11.6 Å². The van der Waals surface area contributed by atoms with Gasteiger partial charge >= 0.3 is 0 Å². The van der Waals surface area contributed by atoms with E-state index in [0.29, 0.717) is 12.6 Å². The molecule has 1 saturated carbocycles. The van der Waals surface area contributed by atoms with Crippen LogP contribution in [0.25, 0.3) is 11.0 Å². The smallest absolute Gasteiger partial charge is 0.129 e. The van der Waals surface area contributed by atoms with Gasteiger partial charge in [-0.25, -0.2) is 4.98 Å². The minimum Gasteiger partial charge on any atom is -0.389 e. The zero-order valence-electron chi connectivity index (χ0n) is 27.3. The Bertz CT molecular complexity index is 1410. The molecule has 0 bridgehead atoms. The molecule has 1 aliphatic carbocycles. The number of halogens is 1. The predicted molar refractivity (Wildman–Crippen MR) is 189 cm³/mol. The molecule has 1 aromatic carbocycles. The number of rotatable bonds is 21. The van der Waals surface area contributed by atoms with Crippen molar-refractivity contribution in [1.29, 1.82) is 0 Å². The molecule has 45 heavy (non-hydrogen) atoms. The fraction of sp³-hybridized carbons (Fsp3) is 0.553. The van der Waals surface area contributed by atoms with Gasteiger partial charge in [0, 0.05) is 36.3 Å². The third-order valence-corrected chi connectivity index (χ3v) is 9.57. The van der Waals surface area contributed by atoms with Crippen molar-refractivity contribution in [3.05, 3.63) is 77.4 Å². The normalized spacial score (nSPS) is 16.0. The Kier molecular flexibility index (Phi) is 12.4. The Morgan fingerprint density at radius 3 is 2.44 bits per heavy atom. The summed E-state index contributed by atoms with van der Waals surface area (Å²) in [7, 11) is 0. The van der Waals surface area contributed by atoms with E-state index in [0.717, 1.165) is 72.3 Å². The molecule has 3 aliphatic rings. The standard InChI is InChI=1S/C38H53ClN6/c1-4-5-6-7-8-9-10-11-12-13-14-15-16-24-41-30(2)18-17-26-43-35-22-19-32(39)27-34(35)42-38(43)29-44-31(3)45(33-20-21-33)36-23-25-40-28-37(36)44/h1,19,22-23,25,27,33,40-41H,2-3,5-18,20-21,24,26,28-29H2. The van der Waals surface area contributed by atoms with Gasteiger partial charge in [0.2, 0.25) is 0 Å². The number of fused-ring (bicyclic) bond motifs is 1. The molecule has 0 spiro atoms. The van der Waals surface area contributed by atoms with Crippen LogP contribution in [-0.2, 0) is 13.1 Å². The van der Waals surface area contributed by atoms with Gasteiger partial charge in [-0.05, 0) is 69.0 Å². The number of imidazole rings is 1. The van der Waals surface area contributed by atoms with Crippen LogP contribution < -0.4 is 10.6 Å². The first-order valence-corrected chi connectivity index (χ1v) is 17.8. The number of benzene rings is 1. The third-order valence-electron chi connectivity index (χ3n) is 9.33. The molecular weight excluding hydrogens is 576 g/mol. The third kappa shape index (κ3) is 9.13. The maximum Gasteiger partial charge on any atom is 0.129 e. The van der Waals surface area contributed by atoms with E-state index >= 15 is 0 Å². The Balaban J connectivity index is 1.04. The van der Waals surface area contributed by atoms with Gasteiger partial charge in [0.05, 0.1) is 35.5 Å². The molecule has 3 heterocycles. The molecule has 0 unspecified atom stereocenters. The van der Waals surface area contributed by atoms with Gasteiger partial charge in [-0.1, -0.05) is 82.5 Å². The largest absolute Gasteiger partial charge is 0.389 e. The van der Waals surface area contributed by atoms with Crippen LogP contribution in [0.4, 0.5) is 0 Å². The van der Waals surface area contributed by atoms with Crippen molar-refractivity contribution in [2.75, 3.05) is 13.1 Å². The molecule has 0 saturated heterocycles. The second-order valence-corrected chi connectivity index (χ2v) is 13.4. The number of nitrogens with zero attached hydrogens (tertiary/aromatic N) is 4. The molecular formula is C38H53ClN6. The zero-order valence-corrected chi connectivity index (χ0v) is 28.0. The molecule has 2 N–H and O–H groups in total. The number of nitrogens with one attached hydrogen (secondary N) is 2. The molecule has 242 valence electrons. The Morgan fingerprint density at radius 1 is 1.02 bits per heavy atom. The number of hydrogen-bond acceptors (Lipinski definition) is 5. The number of terminal acetylenes is 1. The van der Waals surface area contributed by atoms with Gasteiger partial charge < -0.3 is 25.0 Å². The lowest BCUT2D eigenvalue weighted by Gasteiger charge is -2.26. The second kappa shape index (κ2) is 16.9. The summed E-state index contributed by atoms with van der Waals surface area (Å²) in [5.41, 5.74) is 5.78. The van der Waals surface area contributed by atoms with Crippen LogP contribution in [0.1, 0.15) is 109 Å². The van der Waals surface area contributed by atoms with Crippen LogP contribution >= 0.6 is 11.6 Å². The number of hydrogen-bond donors (Lipinski definition) is 2. The van der Waals surface area contributed by atoms with Crippen molar-refractivity contribution in [1.82, 2.24) is 30.0 Å². The van der Waals surface area contributed by atoms with Crippen molar-refractivity contribution in [2.24, 2.45) is 0 Å². The Morgan fingerprint density at radius 2 is 1.73 bits per heavy atom. The molecule has 7 heteroatoms. The highest BCUT2D eigenvalue weighted by molar-refractivity contribution is 6.31. The fourth-order valence-electron chi connectivity index (χ4n) is 6.70. The summed E-state index contributed by atoms with van der Waals surface area (Å²) < 4.78 is 2.37. The van der Waals surface area contributed by atoms with E-state index in [9.17, 15) is 0 Å². The lowest BCUT2D eigenvalue weighted by atomic mass is 10.1. The second-order valence-electron chi connectivity index (χ2n) is 12.9. The maximum atomic E-state index is 6.38. The van der Waals surface area contributed by atoms with E-state index in [1.165, 1.54) is 94.9 Å². The van der Waals surface area contributed by atoms with E-state index < -0.39 is 0 Å². The summed E-state index contributed by atoms with van der Waals surface area (Å²) in [5, 5.41) is 7.70. The van der Waals surface area contributed by atoms with Gasteiger partial charge in [-0.3, -0.25) is 0 Å². The average Bonchev–Trinajstić information content (AvgIpc) is 3.76. The van der Waals surface area contributed by atoms with E-state index in [1.807, 2.05) is 12.1 Å². The molecule has 2 aliphatic heterocycles. The van der Waals surface area contributed by atoms with Crippen molar-refractivity contribution < 1.29 is 0 Å². The minimum atomic E-state index is 0.571. The van der Waals surface area contributed by atoms with Gasteiger partial charge in [-0.15, -0.1) is 12.3 Å². The lowest BCUT2D eigenvalue weighted by Crippen LogP contribution is -2.28. The number of unbranched alkanes of at least 4 members (excludes halogenated alkanes) is 11. The highest BCUT2D eigenvalue weighted by Gasteiger charge is 2.41. The first-order chi connectivity index (χ1) is 22.1. The van der Waals surface area contributed by atoms with Crippen LogP contribution in [0, 0.1) is 12.3 Å². The first kappa shape index (κ1) is 33.1. The molecule has 0 radical (unpaired) electrons. The summed E-state index contributed by atoms with van der Waals surface area (Å²) in [6, 6.07) is 6.62. The molecule has 1 fully saturated rings. The van der Waals surface area contributed by atoms with Gasteiger partial charge in [0.15, 0.2) is 0 Å². The van der Waals surface area contributed by atoms with E-state index in [4.69, 9.17) is 23.0 Å². The van der Waals surface area contributed by atoms with Crippen LogP contribution in [0.2, 0.25) is 5.02 Å². The topological polar surface area (TPSA) is 48.4 Å². The number of dihydropyridines is 1. The average molecular weight is 629 g/mol. The lowest BCUT2D eigenvalue weighted by molar-refractivity contribution is 0.320.